The average molecular weight is 392 g/mol. The predicted molar refractivity (Wildman–Crippen MR) is 105 cm³/mol. The molecule has 0 bridgehead atoms. The molecule has 1 fully saturated rings. The van der Waals surface area contributed by atoms with Gasteiger partial charge in [-0.2, -0.15) is 0 Å². The van der Waals surface area contributed by atoms with Crippen molar-refractivity contribution in [2.45, 2.75) is 37.8 Å². The van der Waals surface area contributed by atoms with Crippen molar-refractivity contribution >= 4 is 17.5 Å². The minimum absolute atomic E-state index is 0.0311. The lowest BCUT2D eigenvalue weighted by molar-refractivity contribution is -0.134. The number of hydrogen-bond donors (Lipinski definition) is 2. The van der Waals surface area contributed by atoms with Crippen molar-refractivity contribution in [2.75, 3.05) is 26.4 Å². The molecule has 1 unspecified atom stereocenters. The molecule has 5 nitrogen and oxygen atoms in total. The molecule has 1 amide bonds. The Bertz CT molecular complexity index is 695. The average Bonchev–Trinajstić information content (AvgIpc) is 2.64. The van der Waals surface area contributed by atoms with Crippen LogP contribution in [0.1, 0.15) is 24.8 Å². The van der Waals surface area contributed by atoms with Gasteiger partial charge in [-0.25, -0.2) is 0 Å². The molecule has 2 rings (SSSR count). The van der Waals surface area contributed by atoms with Crippen LogP contribution in [0.15, 0.2) is 36.4 Å². The molecule has 1 aromatic rings. The van der Waals surface area contributed by atoms with Gasteiger partial charge in [-0.3, -0.25) is 4.79 Å². The zero-order valence-electron chi connectivity index (χ0n) is 15.3. The van der Waals surface area contributed by atoms with Crippen molar-refractivity contribution in [3.63, 3.8) is 0 Å². The first kappa shape index (κ1) is 21.5. The number of halogens is 1. The summed E-state index contributed by atoms with van der Waals surface area (Å²) < 4.78 is 5.09. The summed E-state index contributed by atoms with van der Waals surface area (Å²) in [6.45, 7) is 0.798. The lowest BCUT2D eigenvalue weighted by Crippen LogP contribution is -2.42. The number of hydrogen-bond acceptors (Lipinski definition) is 4. The second-order valence-corrected chi connectivity index (χ2v) is 6.83. The Morgan fingerprint density at radius 1 is 1.41 bits per heavy atom. The number of piperidine rings is 1. The van der Waals surface area contributed by atoms with Gasteiger partial charge < -0.3 is 19.8 Å². The first-order chi connectivity index (χ1) is 13.1. The van der Waals surface area contributed by atoms with Gasteiger partial charge in [0.15, 0.2) is 0 Å². The lowest BCUT2D eigenvalue weighted by Gasteiger charge is -2.32. The number of aliphatic hydroxyl groups excluding tert-OH is 2. The number of benzene rings is 1. The smallest absolute Gasteiger partial charge is 0.223 e. The van der Waals surface area contributed by atoms with Gasteiger partial charge in [0, 0.05) is 17.9 Å². The summed E-state index contributed by atoms with van der Waals surface area (Å²) in [5.74, 6) is 5.87. The summed E-state index contributed by atoms with van der Waals surface area (Å²) in [5.41, 5.74) is 0.963. The van der Waals surface area contributed by atoms with E-state index < -0.39 is 6.10 Å². The molecule has 0 aliphatic carbocycles. The summed E-state index contributed by atoms with van der Waals surface area (Å²) in [4.78, 5) is 14.0. The number of nitrogens with zero attached hydrogens (tertiary/aromatic N) is 1. The molecular weight excluding hydrogens is 366 g/mol. The van der Waals surface area contributed by atoms with Crippen molar-refractivity contribution in [3.8, 4) is 11.8 Å². The number of likely N-dealkylation sites (tertiary alicyclic amines) is 1. The highest BCUT2D eigenvalue weighted by Crippen LogP contribution is 2.19. The van der Waals surface area contributed by atoms with Crippen LogP contribution in [-0.2, 0) is 16.0 Å². The Hall–Kier alpha value is -1.84. The highest BCUT2D eigenvalue weighted by atomic mass is 35.5. The molecule has 1 aliphatic rings. The van der Waals surface area contributed by atoms with Crippen molar-refractivity contribution in [1.29, 1.82) is 0 Å². The minimum Gasteiger partial charge on any atom is -0.394 e. The van der Waals surface area contributed by atoms with E-state index in [1.165, 1.54) is 0 Å². The first-order valence-electron chi connectivity index (χ1n) is 9.14. The van der Waals surface area contributed by atoms with Gasteiger partial charge in [0.2, 0.25) is 5.91 Å². The van der Waals surface area contributed by atoms with E-state index >= 15 is 0 Å². The molecule has 146 valence electrons. The fourth-order valence-corrected chi connectivity index (χ4v) is 3.18. The number of carbonyl (C=O) groups excluding carboxylic acids is 1. The number of ether oxygens (including phenoxy) is 1. The third-order valence-corrected chi connectivity index (χ3v) is 4.52. The monoisotopic (exact) mass is 391 g/mol. The molecule has 0 aromatic heterocycles. The molecule has 2 atom stereocenters. The van der Waals surface area contributed by atoms with E-state index in [1.807, 2.05) is 24.3 Å². The maximum absolute atomic E-state index is 12.2. The number of rotatable bonds is 8. The van der Waals surface area contributed by atoms with Crippen molar-refractivity contribution in [2.24, 2.45) is 0 Å². The predicted octanol–water partition coefficient (Wildman–Crippen LogP) is 2.19. The van der Waals surface area contributed by atoms with Crippen LogP contribution >= 0.6 is 11.6 Å². The molecule has 1 saturated heterocycles. The van der Waals surface area contributed by atoms with E-state index in [0.717, 1.165) is 18.4 Å². The molecule has 1 aromatic carbocycles. The van der Waals surface area contributed by atoms with Crippen molar-refractivity contribution in [1.82, 2.24) is 4.90 Å². The van der Waals surface area contributed by atoms with E-state index in [4.69, 9.17) is 21.4 Å². The standard InChI is InChI=1S/C21H26ClNO4/c22-18-6-3-5-17(15-18)16-20(25)10-9-19-7-4-8-21(26)23(19)11-1-2-13-27-14-12-24/h3,5-6,9-10,15,19-20,24-25H,4,7-8,11-14,16H2/t19-,20?/m1/s1. The topological polar surface area (TPSA) is 70.0 Å². The molecule has 1 heterocycles. The van der Waals surface area contributed by atoms with Crippen LogP contribution in [0.5, 0.6) is 0 Å². The maximum atomic E-state index is 12.2. The third-order valence-electron chi connectivity index (χ3n) is 4.28. The summed E-state index contributed by atoms with van der Waals surface area (Å²) in [5, 5.41) is 19.6. The maximum Gasteiger partial charge on any atom is 0.223 e. The fourth-order valence-electron chi connectivity index (χ4n) is 2.96. The number of aliphatic hydroxyl groups is 2. The fraction of sp³-hybridized carbons (Fsp3) is 0.476. The van der Waals surface area contributed by atoms with E-state index in [9.17, 15) is 9.90 Å². The molecule has 27 heavy (non-hydrogen) atoms. The molecule has 1 aliphatic heterocycles. The van der Waals surface area contributed by atoms with Crippen LogP contribution in [0.2, 0.25) is 5.02 Å². The van der Waals surface area contributed by atoms with Crippen LogP contribution in [0.3, 0.4) is 0 Å². The Labute approximate surface area is 165 Å². The number of amides is 1. The molecule has 0 spiro atoms. The normalized spacial score (nSPS) is 18.4. The lowest BCUT2D eigenvalue weighted by atomic mass is 9.99. The molecular formula is C21H26ClNO4. The second kappa shape index (κ2) is 11.8. The Kier molecular flexibility index (Phi) is 9.37. The van der Waals surface area contributed by atoms with Crippen molar-refractivity contribution in [3.05, 3.63) is 47.0 Å². The highest BCUT2D eigenvalue weighted by molar-refractivity contribution is 6.30. The Balaban J connectivity index is 1.90. The minimum atomic E-state index is -0.639. The third kappa shape index (κ3) is 7.74. The van der Waals surface area contributed by atoms with Crippen LogP contribution in [0, 0.1) is 11.8 Å². The molecule has 0 saturated carbocycles. The SMILES string of the molecule is O=C1CCC[C@H](C=CC(O)Cc2cccc(Cl)c2)N1CC#CCOCCO. The van der Waals surface area contributed by atoms with Gasteiger partial charge >= 0.3 is 0 Å². The summed E-state index contributed by atoms with van der Waals surface area (Å²) in [6, 6.07) is 7.36. The van der Waals surface area contributed by atoms with Crippen LogP contribution in [0.4, 0.5) is 0 Å². The molecule has 2 N–H and O–H groups in total. The van der Waals surface area contributed by atoms with Gasteiger partial charge in [-0.15, -0.1) is 0 Å². The molecule has 0 radical (unpaired) electrons. The zero-order valence-corrected chi connectivity index (χ0v) is 16.1. The summed E-state index contributed by atoms with van der Waals surface area (Å²) in [6.07, 6.45) is 5.69. The van der Waals surface area contributed by atoms with E-state index in [-0.39, 0.29) is 31.8 Å². The van der Waals surface area contributed by atoms with Gasteiger partial charge in [-0.05, 0) is 30.5 Å². The van der Waals surface area contributed by atoms with Gasteiger partial charge in [0.25, 0.3) is 0 Å². The zero-order chi connectivity index (χ0) is 19.5. The quantitative estimate of drug-likeness (QED) is 0.405. The Morgan fingerprint density at radius 3 is 3.04 bits per heavy atom. The highest BCUT2D eigenvalue weighted by Gasteiger charge is 2.25. The van der Waals surface area contributed by atoms with E-state index in [2.05, 4.69) is 11.8 Å². The first-order valence-corrected chi connectivity index (χ1v) is 9.52. The van der Waals surface area contributed by atoms with Gasteiger partial charge in [0.05, 0.1) is 31.9 Å². The van der Waals surface area contributed by atoms with Crippen LogP contribution in [0.25, 0.3) is 0 Å². The summed E-state index contributed by atoms with van der Waals surface area (Å²) >= 11 is 5.97. The van der Waals surface area contributed by atoms with E-state index in [0.29, 0.717) is 24.4 Å². The van der Waals surface area contributed by atoms with Crippen LogP contribution in [-0.4, -0.2) is 59.5 Å². The second-order valence-electron chi connectivity index (χ2n) is 6.40. The molecule has 6 heteroatoms. The number of carbonyl (C=O) groups is 1. The Morgan fingerprint density at radius 2 is 2.26 bits per heavy atom. The van der Waals surface area contributed by atoms with Gasteiger partial charge in [0.1, 0.15) is 6.61 Å². The largest absolute Gasteiger partial charge is 0.394 e. The van der Waals surface area contributed by atoms with Gasteiger partial charge in [-0.1, -0.05) is 47.7 Å². The van der Waals surface area contributed by atoms with E-state index in [1.54, 1.807) is 17.0 Å². The van der Waals surface area contributed by atoms with Crippen LogP contribution < -0.4 is 0 Å². The summed E-state index contributed by atoms with van der Waals surface area (Å²) in [7, 11) is 0. The van der Waals surface area contributed by atoms with Crippen molar-refractivity contribution < 1.29 is 19.7 Å².